The summed E-state index contributed by atoms with van der Waals surface area (Å²) >= 11 is 6.15. The Hall–Kier alpha value is -0.570. The maximum Gasteiger partial charge on any atom is 0.0507 e. The van der Waals surface area contributed by atoms with Crippen LogP contribution in [-0.4, -0.2) is 19.8 Å². The van der Waals surface area contributed by atoms with Crippen LogP contribution in [-0.2, 0) is 4.74 Å². The van der Waals surface area contributed by atoms with Gasteiger partial charge in [0.05, 0.1) is 6.61 Å². The molecule has 1 fully saturated rings. The van der Waals surface area contributed by atoms with Gasteiger partial charge in [-0.15, -0.1) is 0 Å². The maximum atomic E-state index is 6.15. The molecule has 1 aromatic carbocycles. The average molecular weight is 240 g/mol. The first-order valence-electron chi connectivity index (χ1n) is 5.83. The molecule has 1 unspecified atom stereocenters. The summed E-state index contributed by atoms with van der Waals surface area (Å²) in [6.07, 6.45) is 1.17. The van der Waals surface area contributed by atoms with Crippen molar-refractivity contribution in [2.45, 2.75) is 19.4 Å². The molecule has 3 heteroatoms. The van der Waals surface area contributed by atoms with E-state index in [1.54, 1.807) is 0 Å². The lowest BCUT2D eigenvalue weighted by Gasteiger charge is -2.17. The third-order valence-electron chi connectivity index (χ3n) is 3.11. The van der Waals surface area contributed by atoms with E-state index in [9.17, 15) is 0 Å². The zero-order chi connectivity index (χ0) is 11.4. The highest BCUT2D eigenvalue weighted by Gasteiger charge is 2.17. The Balaban J connectivity index is 1.87. The molecular weight excluding hydrogens is 222 g/mol. The number of benzene rings is 1. The van der Waals surface area contributed by atoms with E-state index >= 15 is 0 Å². The van der Waals surface area contributed by atoms with E-state index in [1.165, 1.54) is 12.0 Å². The van der Waals surface area contributed by atoms with Gasteiger partial charge in [-0.05, 0) is 30.9 Å². The lowest BCUT2D eigenvalue weighted by atomic mass is 10.1. The van der Waals surface area contributed by atoms with Gasteiger partial charge in [0.2, 0.25) is 0 Å². The minimum absolute atomic E-state index is 0.300. The van der Waals surface area contributed by atoms with Crippen molar-refractivity contribution in [1.82, 2.24) is 5.32 Å². The Morgan fingerprint density at radius 1 is 1.50 bits per heavy atom. The van der Waals surface area contributed by atoms with Crippen LogP contribution in [0.2, 0.25) is 5.02 Å². The molecule has 16 heavy (non-hydrogen) atoms. The topological polar surface area (TPSA) is 21.3 Å². The molecule has 1 N–H and O–H groups in total. The first-order chi connectivity index (χ1) is 7.77. The molecule has 1 aliphatic rings. The van der Waals surface area contributed by atoms with E-state index in [4.69, 9.17) is 16.3 Å². The van der Waals surface area contributed by atoms with Crippen molar-refractivity contribution < 1.29 is 4.74 Å². The van der Waals surface area contributed by atoms with Crippen molar-refractivity contribution >= 4 is 11.6 Å². The lowest BCUT2D eigenvalue weighted by molar-refractivity contribution is 0.184. The van der Waals surface area contributed by atoms with Gasteiger partial charge < -0.3 is 10.1 Å². The second-order valence-corrected chi connectivity index (χ2v) is 4.79. The SMILES string of the molecule is C[C@H](NCC1CCOC1)c1ccccc1Cl. The van der Waals surface area contributed by atoms with Crippen LogP contribution >= 0.6 is 11.6 Å². The first-order valence-corrected chi connectivity index (χ1v) is 6.20. The van der Waals surface area contributed by atoms with Gasteiger partial charge in [-0.2, -0.15) is 0 Å². The monoisotopic (exact) mass is 239 g/mol. The second-order valence-electron chi connectivity index (χ2n) is 4.38. The van der Waals surface area contributed by atoms with Crippen molar-refractivity contribution in [2.24, 2.45) is 5.92 Å². The summed E-state index contributed by atoms with van der Waals surface area (Å²) in [4.78, 5) is 0. The average Bonchev–Trinajstić information content (AvgIpc) is 2.79. The Morgan fingerprint density at radius 2 is 2.31 bits per heavy atom. The molecule has 1 aliphatic heterocycles. The van der Waals surface area contributed by atoms with E-state index in [0.717, 1.165) is 24.8 Å². The van der Waals surface area contributed by atoms with Crippen molar-refractivity contribution in [3.63, 3.8) is 0 Å². The van der Waals surface area contributed by atoms with Crippen molar-refractivity contribution in [2.75, 3.05) is 19.8 Å². The standard InChI is InChI=1S/C13H18ClNO/c1-10(12-4-2-3-5-13(12)14)15-8-11-6-7-16-9-11/h2-5,10-11,15H,6-9H2,1H3/t10-,11?/m0/s1. The van der Waals surface area contributed by atoms with Gasteiger partial charge in [-0.25, -0.2) is 0 Å². The fourth-order valence-corrected chi connectivity index (χ4v) is 2.32. The van der Waals surface area contributed by atoms with E-state index in [-0.39, 0.29) is 0 Å². The summed E-state index contributed by atoms with van der Waals surface area (Å²) in [6.45, 7) is 4.96. The highest BCUT2D eigenvalue weighted by atomic mass is 35.5. The van der Waals surface area contributed by atoms with Gasteiger partial charge in [0.25, 0.3) is 0 Å². The Labute approximate surface area is 102 Å². The van der Waals surface area contributed by atoms with Crippen LogP contribution in [0.1, 0.15) is 24.9 Å². The minimum Gasteiger partial charge on any atom is -0.381 e. The maximum absolute atomic E-state index is 6.15. The van der Waals surface area contributed by atoms with Gasteiger partial charge in [0.15, 0.2) is 0 Å². The summed E-state index contributed by atoms with van der Waals surface area (Å²) in [5, 5.41) is 4.36. The highest BCUT2D eigenvalue weighted by Crippen LogP contribution is 2.22. The summed E-state index contributed by atoms with van der Waals surface area (Å²) in [7, 11) is 0. The Morgan fingerprint density at radius 3 is 3.00 bits per heavy atom. The molecule has 88 valence electrons. The number of rotatable bonds is 4. The van der Waals surface area contributed by atoms with E-state index < -0.39 is 0 Å². The molecule has 2 rings (SSSR count). The smallest absolute Gasteiger partial charge is 0.0507 e. The summed E-state index contributed by atoms with van der Waals surface area (Å²) < 4.78 is 5.35. The molecule has 0 saturated carbocycles. The van der Waals surface area contributed by atoms with Crippen LogP contribution in [0.15, 0.2) is 24.3 Å². The van der Waals surface area contributed by atoms with Gasteiger partial charge in [0.1, 0.15) is 0 Å². The van der Waals surface area contributed by atoms with Crippen molar-refractivity contribution in [3.05, 3.63) is 34.9 Å². The van der Waals surface area contributed by atoms with E-state index in [0.29, 0.717) is 12.0 Å². The summed E-state index contributed by atoms with van der Waals surface area (Å²) in [5.74, 6) is 0.657. The second kappa shape index (κ2) is 5.67. The van der Waals surface area contributed by atoms with Gasteiger partial charge in [-0.1, -0.05) is 29.8 Å². The van der Waals surface area contributed by atoms with Crippen molar-refractivity contribution in [3.8, 4) is 0 Å². The van der Waals surface area contributed by atoms with E-state index in [2.05, 4.69) is 18.3 Å². The number of nitrogens with one attached hydrogen (secondary N) is 1. The number of hydrogen-bond acceptors (Lipinski definition) is 2. The fraction of sp³-hybridized carbons (Fsp3) is 0.538. The molecular formula is C13H18ClNO. The normalized spacial score (nSPS) is 22.2. The van der Waals surface area contributed by atoms with Crippen LogP contribution in [0, 0.1) is 5.92 Å². The zero-order valence-corrected chi connectivity index (χ0v) is 10.3. The fourth-order valence-electron chi connectivity index (χ4n) is 2.02. The molecule has 0 aliphatic carbocycles. The molecule has 0 spiro atoms. The van der Waals surface area contributed by atoms with Crippen LogP contribution in [0.3, 0.4) is 0 Å². The van der Waals surface area contributed by atoms with Crippen LogP contribution in [0.4, 0.5) is 0 Å². The zero-order valence-electron chi connectivity index (χ0n) is 9.58. The first kappa shape index (κ1) is 11.9. The summed E-state index contributed by atoms with van der Waals surface area (Å²) in [6, 6.07) is 8.30. The predicted octanol–water partition coefficient (Wildman–Crippen LogP) is 3.03. The molecule has 0 bridgehead atoms. The molecule has 2 nitrogen and oxygen atoms in total. The molecule has 1 aromatic rings. The Kier molecular flexibility index (Phi) is 4.22. The molecule has 1 saturated heterocycles. The molecule has 0 radical (unpaired) electrons. The van der Waals surface area contributed by atoms with Crippen LogP contribution in [0.5, 0.6) is 0 Å². The van der Waals surface area contributed by atoms with Gasteiger partial charge in [-0.3, -0.25) is 0 Å². The predicted molar refractivity (Wildman–Crippen MR) is 66.8 cm³/mol. The molecule has 0 amide bonds. The van der Waals surface area contributed by atoms with Crippen molar-refractivity contribution in [1.29, 1.82) is 0 Å². The third kappa shape index (κ3) is 2.97. The largest absolute Gasteiger partial charge is 0.381 e. The van der Waals surface area contributed by atoms with E-state index in [1.807, 2.05) is 18.2 Å². The third-order valence-corrected chi connectivity index (χ3v) is 3.45. The number of ether oxygens (including phenoxy) is 1. The lowest BCUT2D eigenvalue weighted by Crippen LogP contribution is -2.26. The number of halogens is 1. The molecule has 0 aromatic heterocycles. The van der Waals surface area contributed by atoms with Crippen LogP contribution in [0.25, 0.3) is 0 Å². The quantitative estimate of drug-likeness (QED) is 0.872. The van der Waals surface area contributed by atoms with Gasteiger partial charge >= 0.3 is 0 Å². The summed E-state index contributed by atoms with van der Waals surface area (Å²) in [5.41, 5.74) is 1.17. The molecule has 2 atom stereocenters. The van der Waals surface area contributed by atoms with Gasteiger partial charge in [0, 0.05) is 24.2 Å². The minimum atomic E-state index is 0.300. The highest BCUT2D eigenvalue weighted by molar-refractivity contribution is 6.31. The van der Waals surface area contributed by atoms with Crippen LogP contribution < -0.4 is 5.32 Å². The Bertz CT molecular complexity index is 336. The molecule has 1 heterocycles. The number of hydrogen-bond donors (Lipinski definition) is 1.